The van der Waals surface area contributed by atoms with Gasteiger partial charge in [0.25, 0.3) is 0 Å². The van der Waals surface area contributed by atoms with Crippen molar-refractivity contribution in [3.05, 3.63) is 0 Å². The zero-order valence-corrected chi connectivity index (χ0v) is 28.9. The number of hydrogen-bond acceptors (Lipinski definition) is 4. The van der Waals surface area contributed by atoms with Crippen LogP contribution in [0.4, 0.5) is 0 Å². The molecule has 0 N–H and O–H groups in total. The van der Waals surface area contributed by atoms with Crippen molar-refractivity contribution >= 4 is 10.4 Å². The van der Waals surface area contributed by atoms with E-state index in [-0.39, 0.29) is 42.1 Å². The molecular weight excluding hydrogens is 503 g/mol. The fourth-order valence-corrected chi connectivity index (χ4v) is 5.75. The van der Waals surface area contributed by atoms with Crippen LogP contribution >= 0.6 is 0 Å². The molecule has 1 atom stereocenters. The first-order chi connectivity index (χ1) is 18.0. The Morgan fingerprint density at radius 3 is 0.947 bits per heavy atom. The third kappa shape index (κ3) is 34.9. The second kappa shape index (κ2) is 32.4. The Bertz CT molecular complexity index is 542. The molecule has 0 rings (SSSR count). The van der Waals surface area contributed by atoms with Crippen LogP contribution in [0, 0.1) is 5.92 Å². The summed E-state index contributed by atoms with van der Waals surface area (Å²) in [6, 6.07) is 0. The predicted molar refractivity (Wildman–Crippen MR) is 160 cm³/mol. The van der Waals surface area contributed by atoms with Crippen molar-refractivity contribution in [1.82, 2.24) is 0 Å². The SMILES string of the molecule is CCCCCCCCCCCCCCCCCCCCCCC(CCCCCCCC)COS(=O)(=O)[O-].[Na+]. The van der Waals surface area contributed by atoms with Crippen LogP contribution in [0.2, 0.25) is 0 Å². The Labute approximate surface area is 261 Å². The summed E-state index contributed by atoms with van der Waals surface area (Å²) < 4.78 is 37.2. The fourth-order valence-electron chi connectivity index (χ4n) is 5.39. The number of hydrogen-bond donors (Lipinski definition) is 0. The molecule has 0 aliphatic rings. The summed E-state index contributed by atoms with van der Waals surface area (Å²) >= 11 is 0. The Morgan fingerprint density at radius 2 is 0.711 bits per heavy atom. The summed E-state index contributed by atoms with van der Waals surface area (Å²) in [6.07, 6.45) is 36.9. The van der Waals surface area contributed by atoms with Crippen LogP contribution in [0.25, 0.3) is 0 Å². The van der Waals surface area contributed by atoms with Crippen molar-refractivity contribution in [3.63, 3.8) is 0 Å². The van der Waals surface area contributed by atoms with E-state index in [2.05, 4.69) is 18.0 Å². The molecule has 0 saturated carbocycles. The van der Waals surface area contributed by atoms with Gasteiger partial charge in [-0.15, -0.1) is 0 Å². The van der Waals surface area contributed by atoms with Gasteiger partial charge in [-0.05, 0) is 18.8 Å². The van der Waals surface area contributed by atoms with E-state index >= 15 is 0 Å². The fraction of sp³-hybridized carbons (Fsp3) is 1.00. The largest absolute Gasteiger partial charge is 1.00 e. The van der Waals surface area contributed by atoms with Crippen molar-refractivity contribution < 1.29 is 46.7 Å². The van der Waals surface area contributed by atoms with Crippen LogP contribution < -0.4 is 29.6 Å². The standard InChI is InChI=1S/C32H66O4S.Na/c1-3-5-7-9-11-12-13-14-15-16-17-18-19-20-21-22-23-24-26-28-30-32(31-36-37(33,34)35)29-27-25-10-8-6-4-2;/h32H,3-31H2,1-2H3,(H,33,34,35);/q;+1/p-1. The molecule has 6 heteroatoms. The minimum atomic E-state index is -4.58. The molecule has 0 aliphatic heterocycles. The smallest absolute Gasteiger partial charge is 0.726 e. The minimum Gasteiger partial charge on any atom is -0.726 e. The van der Waals surface area contributed by atoms with Crippen LogP contribution in [0.5, 0.6) is 0 Å². The van der Waals surface area contributed by atoms with Crippen molar-refractivity contribution in [1.29, 1.82) is 0 Å². The third-order valence-corrected chi connectivity index (χ3v) is 8.30. The van der Waals surface area contributed by atoms with Crippen molar-refractivity contribution in [2.24, 2.45) is 5.92 Å². The first-order valence-electron chi connectivity index (χ1n) is 16.6. The second-order valence-corrected chi connectivity index (χ2v) is 12.7. The number of unbranched alkanes of at least 4 members (excludes halogenated alkanes) is 24. The Kier molecular flexibility index (Phi) is 34.9. The predicted octanol–water partition coefficient (Wildman–Crippen LogP) is 8.05. The molecule has 0 saturated heterocycles. The summed E-state index contributed by atoms with van der Waals surface area (Å²) in [7, 11) is -4.58. The van der Waals surface area contributed by atoms with Gasteiger partial charge in [0.2, 0.25) is 10.4 Å². The van der Waals surface area contributed by atoms with Gasteiger partial charge in [0.15, 0.2) is 0 Å². The van der Waals surface area contributed by atoms with Gasteiger partial charge in [0.05, 0.1) is 6.61 Å². The molecule has 38 heavy (non-hydrogen) atoms. The monoisotopic (exact) mass is 568 g/mol. The van der Waals surface area contributed by atoms with Gasteiger partial charge in [-0.3, -0.25) is 4.18 Å². The molecule has 0 bridgehead atoms. The molecule has 0 radical (unpaired) electrons. The summed E-state index contributed by atoms with van der Waals surface area (Å²) in [5.74, 6) is 0.199. The molecule has 0 amide bonds. The average Bonchev–Trinajstić information content (AvgIpc) is 2.87. The first-order valence-corrected chi connectivity index (χ1v) is 17.9. The summed E-state index contributed by atoms with van der Waals surface area (Å²) in [6.45, 7) is 4.57. The molecule has 0 fully saturated rings. The molecule has 224 valence electrons. The molecule has 0 aliphatic carbocycles. The zero-order chi connectivity index (χ0) is 27.3. The van der Waals surface area contributed by atoms with E-state index < -0.39 is 10.4 Å². The van der Waals surface area contributed by atoms with E-state index in [0.29, 0.717) is 0 Å². The first kappa shape index (κ1) is 41.0. The van der Waals surface area contributed by atoms with E-state index in [0.717, 1.165) is 25.7 Å². The van der Waals surface area contributed by atoms with E-state index in [9.17, 15) is 13.0 Å². The van der Waals surface area contributed by atoms with Crippen LogP contribution in [0.3, 0.4) is 0 Å². The van der Waals surface area contributed by atoms with Crippen LogP contribution in [-0.4, -0.2) is 19.6 Å². The molecule has 1 unspecified atom stereocenters. The van der Waals surface area contributed by atoms with E-state index in [4.69, 9.17) is 0 Å². The summed E-state index contributed by atoms with van der Waals surface area (Å²) in [5.41, 5.74) is 0. The van der Waals surface area contributed by atoms with E-state index in [1.807, 2.05) is 0 Å². The molecule has 0 aromatic carbocycles. The van der Waals surface area contributed by atoms with Crippen LogP contribution in [-0.2, 0) is 14.6 Å². The van der Waals surface area contributed by atoms with Gasteiger partial charge in [-0.2, -0.15) is 0 Å². The second-order valence-electron chi connectivity index (χ2n) is 11.6. The third-order valence-electron chi connectivity index (χ3n) is 7.88. The summed E-state index contributed by atoms with van der Waals surface area (Å²) in [5, 5.41) is 0. The molecule has 4 nitrogen and oxygen atoms in total. The van der Waals surface area contributed by atoms with Gasteiger partial charge >= 0.3 is 29.6 Å². The van der Waals surface area contributed by atoms with Gasteiger partial charge in [-0.25, -0.2) is 8.42 Å². The molecule has 0 aromatic rings. The normalized spacial score (nSPS) is 12.5. The molecule has 0 aromatic heterocycles. The van der Waals surface area contributed by atoms with Gasteiger partial charge in [-0.1, -0.05) is 181 Å². The minimum absolute atomic E-state index is 0. The number of rotatable bonds is 31. The Balaban J connectivity index is 0. The molecule has 0 heterocycles. The van der Waals surface area contributed by atoms with Crippen LogP contribution in [0.15, 0.2) is 0 Å². The zero-order valence-electron chi connectivity index (χ0n) is 26.1. The van der Waals surface area contributed by atoms with Crippen molar-refractivity contribution in [2.45, 2.75) is 194 Å². The maximum atomic E-state index is 10.9. The van der Waals surface area contributed by atoms with Crippen molar-refractivity contribution in [3.8, 4) is 0 Å². The van der Waals surface area contributed by atoms with Crippen molar-refractivity contribution in [2.75, 3.05) is 6.61 Å². The Hall–Kier alpha value is 0.870. The maximum absolute atomic E-state index is 10.9. The van der Waals surface area contributed by atoms with E-state index in [1.54, 1.807) is 0 Å². The quantitative estimate of drug-likeness (QED) is 0.0367. The van der Waals surface area contributed by atoms with E-state index in [1.165, 1.54) is 154 Å². The summed E-state index contributed by atoms with van der Waals surface area (Å²) in [4.78, 5) is 0. The van der Waals surface area contributed by atoms with Gasteiger partial charge in [0, 0.05) is 0 Å². The molecule has 0 spiro atoms. The topological polar surface area (TPSA) is 66.4 Å². The molecular formula is C32H65NaO4S. The van der Waals surface area contributed by atoms with Gasteiger partial charge in [0.1, 0.15) is 0 Å². The maximum Gasteiger partial charge on any atom is 1.00 e. The Morgan fingerprint density at radius 1 is 0.474 bits per heavy atom. The van der Waals surface area contributed by atoms with Crippen LogP contribution in [0.1, 0.15) is 194 Å². The average molecular weight is 569 g/mol. The van der Waals surface area contributed by atoms with Gasteiger partial charge < -0.3 is 4.55 Å².